The predicted molar refractivity (Wildman–Crippen MR) is 136 cm³/mol. The number of rotatable bonds is 7. The van der Waals surface area contributed by atoms with Gasteiger partial charge in [0.15, 0.2) is 6.61 Å². The number of thiazole rings is 1. The minimum atomic E-state index is -0.283. The van der Waals surface area contributed by atoms with Crippen LogP contribution in [-0.4, -0.2) is 42.0 Å². The van der Waals surface area contributed by atoms with Crippen LogP contribution in [0, 0.1) is 0 Å². The van der Waals surface area contributed by atoms with Crippen LogP contribution in [0.3, 0.4) is 0 Å². The molecule has 1 aliphatic rings. The molecule has 0 bridgehead atoms. The van der Waals surface area contributed by atoms with Crippen molar-refractivity contribution >= 4 is 39.1 Å². The molecule has 178 valence electrons. The molecular formula is C27H25N3O4S. The van der Waals surface area contributed by atoms with Gasteiger partial charge in [-0.2, -0.15) is 0 Å². The van der Waals surface area contributed by atoms with Gasteiger partial charge < -0.3 is 19.7 Å². The smallest absolute Gasteiger partial charge is 0.262 e. The zero-order valence-electron chi connectivity index (χ0n) is 19.3. The monoisotopic (exact) mass is 487 g/mol. The summed E-state index contributed by atoms with van der Waals surface area (Å²) in [6.45, 7) is 0.568. The summed E-state index contributed by atoms with van der Waals surface area (Å²) in [5.41, 5.74) is 2.20. The molecule has 1 fully saturated rings. The highest BCUT2D eigenvalue weighted by molar-refractivity contribution is 7.18. The zero-order chi connectivity index (χ0) is 24.2. The molecule has 1 saturated heterocycles. The normalized spacial score (nSPS) is 15.2. The summed E-state index contributed by atoms with van der Waals surface area (Å²) >= 11 is 1.66. The maximum Gasteiger partial charge on any atom is 0.262 e. The Kier molecular flexibility index (Phi) is 6.63. The first-order chi connectivity index (χ1) is 17.1. The molecule has 0 radical (unpaired) electrons. The lowest BCUT2D eigenvalue weighted by Crippen LogP contribution is -2.30. The van der Waals surface area contributed by atoms with Crippen molar-refractivity contribution < 1.29 is 19.1 Å². The Balaban J connectivity index is 1.20. The van der Waals surface area contributed by atoms with Crippen molar-refractivity contribution in [3.63, 3.8) is 0 Å². The number of carbonyl (C=O) groups is 2. The van der Waals surface area contributed by atoms with Crippen molar-refractivity contribution in [2.24, 2.45) is 0 Å². The van der Waals surface area contributed by atoms with E-state index >= 15 is 0 Å². The summed E-state index contributed by atoms with van der Waals surface area (Å²) in [6.07, 6.45) is 1.87. The lowest BCUT2D eigenvalue weighted by atomic mass is 10.1. The van der Waals surface area contributed by atoms with E-state index in [9.17, 15) is 9.59 Å². The number of carbonyl (C=O) groups excluding carboxylic acids is 2. The van der Waals surface area contributed by atoms with E-state index in [2.05, 4.69) is 11.4 Å². The SMILES string of the molecule is COc1cccc(NC(=O)COc2ccc(C(=O)N3CCCC3c3nc4ccccc4s3)cc2)c1. The van der Waals surface area contributed by atoms with Crippen molar-refractivity contribution in [1.29, 1.82) is 0 Å². The van der Waals surface area contributed by atoms with Gasteiger partial charge in [0.05, 0.1) is 23.4 Å². The highest BCUT2D eigenvalue weighted by Gasteiger charge is 2.32. The second kappa shape index (κ2) is 10.1. The number of aromatic nitrogens is 1. The number of para-hydroxylation sites is 1. The fourth-order valence-electron chi connectivity index (χ4n) is 4.21. The third kappa shape index (κ3) is 5.12. The molecule has 5 rings (SSSR count). The summed E-state index contributed by atoms with van der Waals surface area (Å²) in [5, 5.41) is 3.76. The van der Waals surface area contributed by atoms with E-state index in [1.807, 2.05) is 23.1 Å². The Morgan fingerprint density at radius 1 is 1.06 bits per heavy atom. The molecule has 4 aromatic rings. The Hall–Kier alpha value is -3.91. The molecule has 1 N–H and O–H groups in total. The van der Waals surface area contributed by atoms with E-state index in [4.69, 9.17) is 14.5 Å². The molecule has 2 amide bonds. The number of ether oxygens (including phenoxy) is 2. The number of amides is 2. The van der Waals surface area contributed by atoms with E-state index in [0.29, 0.717) is 29.3 Å². The molecule has 0 aliphatic carbocycles. The van der Waals surface area contributed by atoms with Crippen molar-refractivity contribution in [3.8, 4) is 11.5 Å². The lowest BCUT2D eigenvalue weighted by Gasteiger charge is -2.23. The van der Waals surface area contributed by atoms with Crippen LogP contribution in [0.5, 0.6) is 11.5 Å². The number of likely N-dealkylation sites (tertiary alicyclic amines) is 1. The first-order valence-electron chi connectivity index (χ1n) is 11.4. The standard InChI is InChI=1S/C27H25N3O4S/c1-33-21-7-4-6-19(16-21)28-25(31)17-34-20-13-11-18(12-14-20)27(32)30-15-5-9-23(30)26-29-22-8-2-3-10-24(22)35-26/h2-4,6-8,10-14,16,23H,5,9,15,17H2,1H3,(H,28,31). The van der Waals surface area contributed by atoms with Gasteiger partial charge in [-0.25, -0.2) is 4.98 Å². The van der Waals surface area contributed by atoms with Crippen LogP contribution in [0.15, 0.2) is 72.8 Å². The molecule has 0 spiro atoms. The number of benzene rings is 3. The number of hydrogen-bond acceptors (Lipinski definition) is 6. The van der Waals surface area contributed by atoms with Crippen LogP contribution >= 0.6 is 11.3 Å². The molecule has 8 heteroatoms. The lowest BCUT2D eigenvalue weighted by molar-refractivity contribution is -0.118. The molecule has 2 heterocycles. The number of methoxy groups -OCH3 is 1. The molecule has 7 nitrogen and oxygen atoms in total. The summed E-state index contributed by atoms with van der Waals surface area (Å²) in [4.78, 5) is 32.2. The van der Waals surface area contributed by atoms with Crippen LogP contribution in [0.4, 0.5) is 5.69 Å². The summed E-state index contributed by atoms with van der Waals surface area (Å²) in [7, 11) is 1.57. The zero-order valence-corrected chi connectivity index (χ0v) is 20.1. The Bertz CT molecular complexity index is 1320. The van der Waals surface area contributed by atoms with Gasteiger partial charge >= 0.3 is 0 Å². The fourth-order valence-corrected chi connectivity index (χ4v) is 5.32. The van der Waals surface area contributed by atoms with E-state index in [-0.39, 0.29) is 24.5 Å². The van der Waals surface area contributed by atoms with Crippen LogP contribution in [0.25, 0.3) is 10.2 Å². The van der Waals surface area contributed by atoms with E-state index in [0.717, 1.165) is 28.1 Å². The molecule has 1 atom stereocenters. The van der Waals surface area contributed by atoms with Gasteiger partial charge in [-0.1, -0.05) is 18.2 Å². The van der Waals surface area contributed by atoms with Gasteiger partial charge in [0.1, 0.15) is 16.5 Å². The quantitative estimate of drug-likeness (QED) is 0.383. The Morgan fingerprint density at radius 3 is 2.69 bits per heavy atom. The minimum absolute atomic E-state index is 0.00358. The third-order valence-electron chi connectivity index (χ3n) is 5.93. The van der Waals surface area contributed by atoms with Crippen molar-refractivity contribution in [1.82, 2.24) is 9.88 Å². The van der Waals surface area contributed by atoms with E-state index < -0.39 is 0 Å². The second-order valence-electron chi connectivity index (χ2n) is 8.27. The number of hydrogen-bond donors (Lipinski definition) is 1. The topological polar surface area (TPSA) is 80.8 Å². The number of anilines is 1. The van der Waals surface area contributed by atoms with Crippen LogP contribution in [0.1, 0.15) is 34.2 Å². The first kappa shape index (κ1) is 22.9. The molecule has 3 aromatic carbocycles. The van der Waals surface area contributed by atoms with Gasteiger partial charge in [-0.15, -0.1) is 11.3 Å². The van der Waals surface area contributed by atoms with E-state index in [1.165, 1.54) is 0 Å². The van der Waals surface area contributed by atoms with Crippen LogP contribution in [0.2, 0.25) is 0 Å². The molecule has 1 unspecified atom stereocenters. The van der Waals surface area contributed by atoms with Crippen LogP contribution < -0.4 is 14.8 Å². The van der Waals surface area contributed by atoms with Crippen molar-refractivity contribution in [3.05, 3.63) is 83.4 Å². The van der Waals surface area contributed by atoms with E-state index in [1.54, 1.807) is 67.0 Å². The average molecular weight is 488 g/mol. The number of fused-ring (bicyclic) bond motifs is 1. The van der Waals surface area contributed by atoms with Gasteiger partial charge in [0, 0.05) is 23.9 Å². The molecule has 0 saturated carbocycles. The summed E-state index contributed by atoms with van der Waals surface area (Å²) in [6, 6.07) is 22.1. The fraction of sp³-hybridized carbons (Fsp3) is 0.222. The number of nitrogens with one attached hydrogen (secondary N) is 1. The van der Waals surface area contributed by atoms with Gasteiger partial charge in [0.25, 0.3) is 11.8 Å². The van der Waals surface area contributed by atoms with Crippen LogP contribution in [-0.2, 0) is 4.79 Å². The second-order valence-corrected chi connectivity index (χ2v) is 9.33. The largest absolute Gasteiger partial charge is 0.497 e. The maximum absolute atomic E-state index is 13.3. The highest BCUT2D eigenvalue weighted by atomic mass is 32.1. The number of nitrogens with zero attached hydrogens (tertiary/aromatic N) is 2. The van der Waals surface area contributed by atoms with Gasteiger partial charge in [0.2, 0.25) is 0 Å². The maximum atomic E-state index is 13.3. The Morgan fingerprint density at radius 2 is 1.89 bits per heavy atom. The summed E-state index contributed by atoms with van der Waals surface area (Å²) in [5.74, 6) is 0.877. The molecule has 35 heavy (non-hydrogen) atoms. The minimum Gasteiger partial charge on any atom is -0.497 e. The third-order valence-corrected chi connectivity index (χ3v) is 7.07. The van der Waals surface area contributed by atoms with Crippen molar-refractivity contribution in [2.75, 3.05) is 25.6 Å². The summed E-state index contributed by atoms with van der Waals surface area (Å²) < 4.78 is 11.9. The predicted octanol–water partition coefficient (Wildman–Crippen LogP) is 5.30. The highest BCUT2D eigenvalue weighted by Crippen LogP contribution is 2.37. The molecule has 1 aliphatic heterocycles. The molecular weight excluding hydrogens is 462 g/mol. The Labute approximate surface area is 207 Å². The average Bonchev–Trinajstić information content (AvgIpc) is 3.54. The van der Waals surface area contributed by atoms with Gasteiger partial charge in [-0.3, -0.25) is 9.59 Å². The molecule has 1 aromatic heterocycles. The van der Waals surface area contributed by atoms with Crippen molar-refractivity contribution in [2.45, 2.75) is 18.9 Å². The van der Waals surface area contributed by atoms with Gasteiger partial charge in [-0.05, 0) is 61.4 Å². The first-order valence-corrected chi connectivity index (χ1v) is 12.3.